The van der Waals surface area contributed by atoms with Gasteiger partial charge in [0.15, 0.2) is 0 Å². The molecular formula is C13H17N3O4S. The quantitative estimate of drug-likeness (QED) is 0.513. The summed E-state index contributed by atoms with van der Waals surface area (Å²) >= 11 is 0.985. The van der Waals surface area contributed by atoms with Crippen molar-refractivity contribution < 1.29 is 14.5 Å². The monoisotopic (exact) mass is 311 g/mol. The van der Waals surface area contributed by atoms with Crippen molar-refractivity contribution in [2.24, 2.45) is 5.92 Å². The van der Waals surface area contributed by atoms with Crippen molar-refractivity contribution in [3.63, 3.8) is 0 Å². The average Bonchev–Trinajstić information content (AvgIpc) is 2.88. The van der Waals surface area contributed by atoms with Crippen LogP contribution in [0, 0.1) is 16.0 Å². The summed E-state index contributed by atoms with van der Waals surface area (Å²) in [5.41, 5.74) is -0.309. The van der Waals surface area contributed by atoms with Gasteiger partial charge in [0.2, 0.25) is 0 Å². The molecule has 1 aromatic rings. The maximum atomic E-state index is 12.4. The van der Waals surface area contributed by atoms with Gasteiger partial charge >= 0.3 is 11.0 Å². The fourth-order valence-electron chi connectivity index (χ4n) is 2.57. The molecule has 7 nitrogen and oxygen atoms in total. The molecule has 1 aliphatic heterocycles. The summed E-state index contributed by atoms with van der Waals surface area (Å²) in [5, 5.41) is 15.0. The number of carbonyl (C=O) groups is 2. The third kappa shape index (κ3) is 3.05. The van der Waals surface area contributed by atoms with Crippen LogP contribution in [0.3, 0.4) is 0 Å². The number of nitro groups is 1. The Kier molecular flexibility index (Phi) is 3.99. The number of hydrogen-bond donors (Lipinski definition) is 1. The summed E-state index contributed by atoms with van der Waals surface area (Å²) in [6.07, 6.45) is 0.553. The molecule has 0 radical (unpaired) electrons. The number of nitrogens with zero attached hydrogens (tertiary/aromatic N) is 2. The Balaban J connectivity index is 2.15. The largest absolute Gasteiger partial charge is 0.325 e. The Hall–Kier alpha value is -1.96. The molecule has 1 aromatic heterocycles. The summed E-state index contributed by atoms with van der Waals surface area (Å²) in [6.45, 7) is 5.73. The molecule has 1 aliphatic rings. The number of imide groups is 1. The zero-order chi connectivity index (χ0) is 15.8. The van der Waals surface area contributed by atoms with E-state index in [1.54, 1.807) is 12.3 Å². The number of nitrogens with one attached hydrogen (secondary N) is 1. The average molecular weight is 311 g/mol. The van der Waals surface area contributed by atoms with Gasteiger partial charge in [-0.3, -0.25) is 19.8 Å². The topological polar surface area (TPSA) is 92.6 Å². The molecule has 0 bridgehead atoms. The smallest absolute Gasteiger partial charge is 0.323 e. The molecule has 1 atom stereocenters. The predicted octanol–water partition coefficient (Wildman–Crippen LogP) is 2.51. The SMILES string of the molecule is CC(C)C[C@]1(C)NC(=O)N(Cc2csc([N+](=O)[O-])c2)C1=O. The van der Waals surface area contributed by atoms with E-state index in [9.17, 15) is 19.7 Å². The fourth-order valence-corrected chi connectivity index (χ4v) is 3.29. The summed E-state index contributed by atoms with van der Waals surface area (Å²) in [7, 11) is 0. The van der Waals surface area contributed by atoms with Crippen molar-refractivity contribution in [2.75, 3.05) is 0 Å². The van der Waals surface area contributed by atoms with Crippen LogP contribution < -0.4 is 5.32 Å². The van der Waals surface area contributed by atoms with Gasteiger partial charge in [0.1, 0.15) is 5.54 Å². The highest BCUT2D eigenvalue weighted by Crippen LogP contribution is 2.28. The first-order chi connectivity index (χ1) is 9.73. The molecule has 0 spiro atoms. The molecule has 3 amide bonds. The normalized spacial score (nSPS) is 22.0. The van der Waals surface area contributed by atoms with Gasteiger partial charge < -0.3 is 5.32 Å². The van der Waals surface area contributed by atoms with Gasteiger partial charge in [-0.05, 0) is 24.8 Å². The Morgan fingerprint density at radius 3 is 2.67 bits per heavy atom. The highest BCUT2D eigenvalue weighted by Gasteiger charge is 2.47. The summed E-state index contributed by atoms with van der Waals surface area (Å²) in [6, 6.07) is 0.945. The summed E-state index contributed by atoms with van der Waals surface area (Å²) in [5.74, 6) is -0.0171. The lowest BCUT2D eigenvalue weighted by Crippen LogP contribution is -2.44. The van der Waals surface area contributed by atoms with Gasteiger partial charge in [-0.1, -0.05) is 25.2 Å². The van der Waals surface area contributed by atoms with Crippen LogP contribution in [0.2, 0.25) is 0 Å². The Labute approximate surface area is 126 Å². The fraction of sp³-hybridized carbons (Fsp3) is 0.538. The van der Waals surface area contributed by atoms with Gasteiger partial charge in [0, 0.05) is 11.4 Å². The minimum absolute atomic E-state index is 0.00185. The second kappa shape index (κ2) is 5.44. The van der Waals surface area contributed by atoms with Crippen LogP contribution in [0.15, 0.2) is 11.4 Å². The Morgan fingerprint density at radius 2 is 2.14 bits per heavy atom. The predicted molar refractivity (Wildman–Crippen MR) is 77.9 cm³/mol. The third-order valence-electron chi connectivity index (χ3n) is 3.32. The molecule has 1 N–H and O–H groups in total. The first-order valence-electron chi connectivity index (χ1n) is 6.59. The lowest BCUT2D eigenvalue weighted by Gasteiger charge is -2.23. The van der Waals surface area contributed by atoms with Crippen LogP contribution in [-0.2, 0) is 11.3 Å². The first kappa shape index (κ1) is 15.4. The van der Waals surface area contributed by atoms with Crippen molar-refractivity contribution in [1.29, 1.82) is 0 Å². The van der Waals surface area contributed by atoms with E-state index in [1.165, 1.54) is 6.07 Å². The van der Waals surface area contributed by atoms with E-state index < -0.39 is 16.5 Å². The second-order valence-electron chi connectivity index (χ2n) is 5.80. The number of hydrogen-bond acceptors (Lipinski definition) is 5. The molecule has 0 aliphatic carbocycles. The van der Waals surface area contributed by atoms with E-state index >= 15 is 0 Å². The standard InChI is InChI=1S/C13H17N3O4S/c1-8(2)5-13(3)11(17)15(12(18)14-13)6-9-4-10(16(19)20)21-7-9/h4,7-8H,5-6H2,1-3H3,(H,14,18)/t13-/m0/s1. The van der Waals surface area contributed by atoms with Crippen LogP contribution in [0.5, 0.6) is 0 Å². The molecule has 114 valence electrons. The second-order valence-corrected chi connectivity index (χ2v) is 6.69. The van der Waals surface area contributed by atoms with Crippen LogP contribution in [0.1, 0.15) is 32.8 Å². The number of carbonyl (C=O) groups excluding carboxylic acids is 2. The Morgan fingerprint density at radius 1 is 1.48 bits per heavy atom. The van der Waals surface area contributed by atoms with Gasteiger partial charge in [0.05, 0.1) is 11.5 Å². The third-order valence-corrected chi connectivity index (χ3v) is 4.25. The molecule has 0 saturated carbocycles. The Bertz CT molecular complexity index is 598. The molecule has 2 heterocycles. The van der Waals surface area contributed by atoms with E-state index in [1.807, 2.05) is 13.8 Å². The van der Waals surface area contributed by atoms with E-state index in [0.29, 0.717) is 12.0 Å². The van der Waals surface area contributed by atoms with Crippen LogP contribution in [0.25, 0.3) is 0 Å². The highest BCUT2D eigenvalue weighted by atomic mass is 32.1. The number of rotatable bonds is 5. The molecule has 21 heavy (non-hydrogen) atoms. The maximum Gasteiger partial charge on any atom is 0.325 e. The van der Waals surface area contributed by atoms with Gasteiger partial charge in [-0.2, -0.15) is 0 Å². The lowest BCUT2D eigenvalue weighted by atomic mass is 9.91. The highest BCUT2D eigenvalue weighted by molar-refractivity contribution is 7.13. The minimum Gasteiger partial charge on any atom is -0.323 e. The van der Waals surface area contributed by atoms with E-state index in [4.69, 9.17) is 0 Å². The minimum atomic E-state index is -0.896. The molecule has 0 aromatic carbocycles. The van der Waals surface area contributed by atoms with E-state index in [0.717, 1.165) is 16.2 Å². The summed E-state index contributed by atoms with van der Waals surface area (Å²) in [4.78, 5) is 35.7. The molecule has 0 unspecified atom stereocenters. The van der Waals surface area contributed by atoms with Crippen LogP contribution in [0.4, 0.5) is 9.80 Å². The van der Waals surface area contributed by atoms with Crippen molar-refractivity contribution in [3.05, 3.63) is 27.1 Å². The number of urea groups is 1. The lowest BCUT2D eigenvalue weighted by molar-refractivity contribution is -0.380. The van der Waals surface area contributed by atoms with Crippen LogP contribution >= 0.6 is 11.3 Å². The van der Waals surface area contributed by atoms with Gasteiger partial charge in [-0.15, -0.1) is 0 Å². The zero-order valence-electron chi connectivity index (χ0n) is 12.1. The van der Waals surface area contributed by atoms with Crippen molar-refractivity contribution in [3.8, 4) is 0 Å². The maximum absolute atomic E-state index is 12.4. The number of amides is 3. The molecular weight excluding hydrogens is 294 g/mol. The summed E-state index contributed by atoms with van der Waals surface area (Å²) < 4.78 is 0. The van der Waals surface area contributed by atoms with Crippen molar-refractivity contribution >= 4 is 28.3 Å². The zero-order valence-corrected chi connectivity index (χ0v) is 12.9. The van der Waals surface area contributed by atoms with Gasteiger partial charge in [0.25, 0.3) is 5.91 Å². The van der Waals surface area contributed by atoms with Gasteiger partial charge in [-0.25, -0.2) is 4.79 Å². The van der Waals surface area contributed by atoms with E-state index in [2.05, 4.69) is 5.32 Å². The first-order valence-corrected chi connectivity index (χ1v) is 7.47. The molecule has 2 rings (SSSR count). The van der Waals surface area contributed by atoms with Crippen LogP contribution in [-0.4, -0.2) is 27.3 Å². The van der Waals surface area contributed by atoms with Crippen molar-refractivity contribution in [2.45, 2.75) is 39.3 Å². The van der Waals surface area contributed by atoms with Crippen molar-refractivity contribution in [1.82, 2.24) is 10.2 Å². The molecule has 1 saturated heterocycles. The molecule has 8 heteroatoms. The van der Waals surface area contributed by atoms with E-state index in [-0.39, 0.29) is 23.4 Å². The molecule has 1 fully saturated rings. The number of thiophene rings is 1.